The molecule has 0 aromatic heterocycles. The van der Waals surface area contributed by atoms with Gasteiger partial charge in [-0.05, 0) is 22.4 Å². The first kappa shape index (κ1) is 6.85. The molecule has 0 saturated heterocycles. The van der Waals surface area contributed by atoms with Gasteiger partial charge in [-0.3, -0.25) is 4.21 Å². The van der Waals surface area contributed by atoms with Gasteiger partial charge in [-0.15, -0.1) is 0 Å². The van der Waals surface area contributed by atoms with Crippen molar-refractivity contribution in [3.63, 3.8) is 0 Å². The summed E-state index contributed by atoms with van der Waals surface area (Å²) in [6.07, 6.45) is 0.510. The van der Waals surface area contributed by atoms with Crippen LogP contribution in [0.2, 0.25) is 0 Å². The van der Waals surface area contributed by atoms with Crippen molar-refractivity contribution in [1.29, 1.82) is 0 Å². The lowest BCUT2D eigenvalue weighted by Crippen LogP contribution is -1.87. The van der Waals surface area contributed by atoms with Gasteiger partial charge in [0.25, 0.3) is 0 Å². The van der Waals surface area contributed by atoms with Crippen molar-refractivity contribution in [1.82, 2.24) is 0 Å². The topological polar surface area (TPSA) is 40.1 Å². The average molecular weight is 119 g/mol. The zero-order valence-corrected chi connectivity index (χ0v) is 4.96. The number of rotatable bonds is 2. The van der Waals surface area contributed by atoms with Gasteiger partial charge in [-0.2, -0.15) is 0 Å². The van der Waals surface area contributed by atoms with Crippen molar-refractivity contribution in [3.05, 3.63) is 11.5 Å². The molecule has 2 nitrogen and oxygen atoms in total. The lowest BCUT2D eigenvalue weighted by atomic mass is 10.5. The Morgan fingerprint density at radius 1 is 2.00 bits per heavy atom. The second-order valence-electron chi connectivity index (χ2n) is 1.13. The predicted octanol–water partition coefficient (Wildman–Crippen LogP) is 0.789. The predicted molar refractivity (Wildman–Crippen MR) is 28.4 cm³/mol. The van der Waals surface area contributed by atoms with E-state index in [9.17, 15) is 8.76 Å². The summed E-state index contributed by atoms with van der Waals surface area (Å²) in [4.78, 5) is 0.264. The Bertz CT molecular complexity index is 97.9. The van der Waals surface area contributed by atoms with E-state index in [0.717, 1.165) is 0 Å². The fourth-order valence-corrected chi connectivity index (χ4v) is 0.354. The maximum atomic E-state index is 9.83. The van der Waals surface area contributed by atoms with Gasteiger partial charge in [-0.25, -0.2) is 0 Å². The fraction of sp³-hybridized carbons (Fsp3) is 0.500. The van der Waals surface area contributed by atoms with Crippen LogP contribution in [0.25, 0.3) is 0 Å². The number of allylic oxidation sites excluding steroid dienone is 1. The third-order valence-corrected chi connectivity index (χ3v) is 1.39. The Kier molecular flexibility index (Phi) is 2.87. The van der Waals surface area contributed by atoms with E-state index in [1.54, 1.807) is 6.92 Å². The minimum atomic E-state index is -2.05. The zero-order chi connectivity index (χ0) is 5.86. The second-order valence-corrected chi connectivity index (χ2v) is 2.17. The normalized spacial score (nSPS) is 13.4. The van der Waals surface area contributed by atoms with E-state index >= 15 is 0 Å². The van der Waals surface area contributed by atoms with Crippen LogP contribution in [0, 0.1) is 0 Å². The molecule has 42 valence electrons. The summed E-state index contributed by atoms with van der Waals surface area (Å²) in [7, 11) is 0. The van der Waals surface area contributed by atoms with E-state index in [2.05, 4.69) is 6.58 Å². The number of hydrogen-bond acceptors (Lipinski definition) is 2. The third kappa shape index (κ3) is 2.53. The SMILES string of the molecule is C=C(CC)S(=O)[O-]. The highest BCUT2D eigenvalue weighted by atomic mass is 32.2. The molecule has 0 aliphatic carbocycles. The highest BCUT2D eigenvalue weighted by Gasteiger charge is 1.83. The van der Waals surface area contributed by atoms with E-state index < -0.39 is 11.1 Å². The standard InChI is InChI=1S/C4H8O2S/c1-3-4(2)7(5)6/h2-3H2,1H3,(H,5,6)/p-1. The first-order valence-electron chi connectivity index (χ1n) is 1.95. The van der Waals surface area contributed by atoms with Gasteiger partial charge in [0.05, 0.1) is 0 Å². The molecule has 0 amide bonds. The minimum absolute atomic E-state index is 0.264. The maximum Gasteiger partial charge on any atom is -0.00505 e. The van der Waals surface area contributed by atoms with Crippen LogP contribution in [0.15, 0.2) is 11.5 Å². The molecule has 0 fully saturated rings. The summed E-state index contributed by atoms with van der Waals surface area (Å²) in [6, 6.07) is 0. The van der Waals surface area contributed by atoms with Crippen molar-refractivity contribution in [2.24, 2.45) is 0 Å². The number of hydrogen-bond donors (Lipinski definition) is 0. The fourth-order valence-electron chi connectivity index (χ4n) is 0.118. The van der Waals surface area contributed by atoms with Crippen molar-refractivity contribution < 1.29 is 8.76 Å². The highest BCUT2D eigenvalue weighted by Crippen LogP contribution is 1.97. The molecule has 0 heterocycles. The molecule has 0 aliphatic heterocycles. The van der Waals surface area contributed by atoms with Crippen LogP contribution < -0.4 is 0 Å². The van der Waals surface area contributed by atoms with Crippen LogP contribution in [0.4, 0.5) is 0 Å². The van der Waals surface area contributed by atoms with E-state index in [0.29, 0.717) is 6.42 Å². The molecule has 0 spiro atoms. The third-order valence-electron chi connectivity index (χ3n) is 0.630. The van der Waals surface area contributed by atoms with Gasteiger partial charge < -0.3 is 4.55 Å². The van der Waals surface area contributed by atoms with E-state index in [1.165, 1.54) is 0 Å². The molecule has 0 radical (unpaired) electrons. The van der Waals surface area contributed by atoms with Gasteiger partial charge in [0.1, 0.15) is 0 Å². The molecule has 0 aliphatic rings. The molecular weight excluding hydrogens is 112 g/mol. The first-order valence-corrected chi connectivity index (χ1v) is 3.03. The highest BCUT2D eigenvalue weighted by molar-refractivity contribution is 7.83. The van der Waals surface area contributed by atoms with Crippen LogP contribution in [0.3, 0.4) is 0 Å². The van der Waals surface area contributed by atoms with Gasteiger partial charge in [0.15, 0.2) is 0 Å². The Balaban J connectivity index is 3.58. The van der Waals surface area contributed by atoms with E-state index in [4.69, 9.17) is 0 Å². The molecule has 0 aromatic carbocycles. The van der Waals surface area contributed by atoms with Crippen LogP contribution in [0.1, 0.15) is 13.3 Å². The zero-order valence-electron chi connectivity index (χ0n) is 4.14. The molecule has 0 aromatic rings. The van der Waals surface area contributed by atoms with Gasteiger partial charge >= 0.3 is 0 Å². The molecular formula is C4H7O2S-. The smallest absolute Gasteiger partial charge is 0.00505 e. The summed E-state index contributed by atoms with van der Waals surface area (Å²) in [6.45, 7) is 5.01. The van der Waals surface area contributed by atoms with Crippen LogP contribution in [-0.4, -0.2) is 8.76 Å². The lowest BCUT2D eigenvalue weighted by Gasteiger charge is -2.02. The van der Waals surface area contributed by atoms with E-state index in [-0.39, 0.29) is 4.91 Å². The minimum Gasteiger partial charge on any atom is -0.769 e. The van der Waals surface area contributed by atoms with Gasteiger partial charge in [0.2, 0.25) is 0 Å². The lowest BCUT2D eigenvalue weighted by molar-refractivity contribution is 0.542. The molecule has 0 N–H and O–H groups in total. The second kappa shape index (κ2) is 2.93. The first-order chi connectivity index (χ1) is 3.18. The Hall–Kier alpha value is -0.150. The monoisotopic (exact) mass is 119 g/mol. The Morgan fingerprint density at radius 2 is 2.43 bits per heavy atom. The Morgan fingerprint density at radius 3 is 2.43 bits per heavy atom. The van der Waals surface area contributed by atoms with Gasteiger partial charge in [-0.1, -0.05) is 13.5 Å². The Labute approximate surface area is 45.5 Å². The maximum absolute atomic E-state index is 9.83. The summed E-state index contributed by atoms with van der Waals surface area (Å²) in [5.41, 5.74) is 0. The summed E-state index contributed by atoms with van der Waals surface area (Å²) in [5, 5.41) is 0. The van der Waals surface area contributed by atoms with Crippen LogP contribution in [-0.2, 0) is 11.1 Å². The largest absolute Gasteiger partial charge is 0.769 e. The van der Waals surface area contributed by atoms with E-state index in [1.807, 2.05) is 0 Å². The van der Waals surface area contributed by atoms with Crippen LogP contribution >= 0.6 is 0 Å². The average Bonchev–Trinajstić information content (AvgIpc) is 1.65. The molecule has 1 atom stereocenters. The molecule has 1 unspecified atom stereocenters. The van der Waals surface area contributed by atoms with Crippen molar-refractivity contribution in [2.75, 3.05) is 0 Å². The van der Waals surface area contributed by atoms with Crippen molar-refractivity contribution >= 4 is 11.1 Å². The summed E-state index contributed by atoms with van der Waals surface area (Å²) in [5.74, 6) is 0. The molecule has 0 saturated carbocycles. The van der Waals surface area contributed by atoms with Crippen LogP contribution in [0.5, 0.6) is 0 Å². The molecule has 0 rings (SSSR count). The van der Waals surface area contributed by atoms with Crippen molar-refractivity contribution in [2.45, 2.75) is 13.3 Å². The quantitative estimate of drug-likeness (QED) is 0.504. The molecule has 0 bridgehead atoms. The molecule has 7 heavy (non-hydrogen) atoms. The van der Waals surface area contributed by atoms with Gasteiger partial charge in [0, 0.05) is 0 Å². The van der Waals surface area contributed by atoms with Crippen molar-refractivity contribution in [3.8, 4) is 0 Å². The molecule has 3 heteroatoms. The summed E-state index contributed by atoms with van der Waals surface area (Å²) < 4.78 is 19.7. The summed E-state index contributed by atoms with van der Waals surface area (Å²) >= 11 is -2.05.